The smallest absolute Gasteiger partial charge is 0.227 e. The molecule has 0 spiro atoms. The van der Waals surface area contributed by atoms with E-state index in [9.17, 15) is 9.59 Å². The molecular weight excluding hydrogens is 170 g/mol. The van der Waals surface area contributed by atoms with E-state index in [0.29, 0.717) is 19.8 Å². The molecule has 0 fully saturated rings. The van der Waals surface area contributed by atoms with Crippen LogP contribution in [0.4, 0.5) is 0 Å². The van der Waals surface area contributed by atoms with Crippen molar-refractivity contribution in [3.8, 4) is 0 Å². The molecule has 0 radical (unpaired) electrons. The Bertz CT molecular complexity index is 168. The third-order valence-electron chi connectivity index (χ3n) is 1.40. The van der Waals surface area contributed by atoms with Crippen LogP contribution in [0.2, 0.25) is 0 Å². The number of Topliss-reactive ketones (excluding diaryl/α,β-unsaturated/α-hetero) is 1. The van der Waals surface area contributed by atoms with Crippen LogP contribution < -0.4 is 5.32 Å². The molecule has 0 aliphatic rings. The SMILES string of the molecule is CCOCCCNC(=O)CC(C)=O. The maximum Gasteiger partial charge on any atom is 0.227 e. The fraction of sp³-hybridized carbons (Fsp3) is 0.778. The number of rotatable bonds is 7. The van der Waals surface area contributed by atoms with E-state index in [4.69, 9.17) is 4.74 Å². The lowest BCUT2D eigenvalue weighted by molar-refractivity contribution is -0.127. The molecular formula is C9H17NO3. The molecule has 1 amide bonds. The first-order valence-corrected chi connectivity index (χ1v) is 4.50. The van der Waals surface area contributed by atoms with E-state index in [0.717, 1.165) is 6.42 Å². The Kier molecular flexibility index (Phi) is 7.20. The number of ether oxygens (including phenoxy) is 1. The summed E-state index contributed by atoms with van der Waals surface area (Å²) < 4.78 is 5.08. The van der Waals surface area contributed by atoms with Gasteiger partial charge >= 0.3 is 0 Å². The van der Waals surface area contributed by atoms with Crippen molar-refractivity contribution < 1.29 is 14.3 Å². The third kappa shape index (κ3) is 9.01. The number of amides is 1. The molecule has 4 heteroatoms. The monoisotopic (exact) mass is 187 g/mol. The number of carbonyl (C=O) groups excluding carboxylic acids is 2. The minimum absolute atomic E-state index is 0.0192. The second kappa shape index (κ2) is 7.73. The number of hydrogen-bond acceptors (Lipinski definition) is 3. The van der Waals surface area contributed by atoms with E-state index in [1.807, 2.05) is 6.92 Å². The van der Waals surface area contributed by atoms with Crippen LogP contribution in [0.5, 0.6) is 0 Å². The van der Waals surface area contributed by atoms with Crippen LogP contribution in [0, 0.1) is 0 Å². The highest BCUT2D eigenvalue weighted by molar-refractivity contribution is 5.96. The fourth-order valence-electron chi connectivity index (χ4n) is 0.835. The third-order valence-corrected chi connectivity index (χ3v) is 1.40. The summed E-state index contributed by atoms with van der Waals surface area (Å²) in [5.41, 5.74) is 0. The van der Waals surface area contributed by atoms with Crippen LogP contribution in [0.1, 0.15) is 26.7 Å². The van der Waals surface area contributed by atoms with Crippen LogP contribution in [0.25, 0.3) is 0 Å². The maximum atomic E-state index is 10.9. The summed E-state index contributed by atoms with van der Waals surface area (Å²) in [6, 6.07) is 0. The van der Waals surface area contributed by atoms with Crippen LogP contribution in [0.3, 0.4) is 0 Å². The number of carbonyl (C=O) groups is 2. The van der Waals surface area contributed by atoms with Gasteiger partial charge in [-0.2, -0.15) is 0 Å². The molecule has 0 heterocycles. The predicted molar refractivity (Wildman–Crippen MR) is 49.4 cm³/mol. The Labute approximate surface area is 78.6 Å². The van der Waals surface area contributed by atoms with Gasteiger partial charge in [0.15, 0.2) is 0 Å². The Morgan fingerprint density at radius 2 is 2.08 bits per heavy atom. The molecule has 0 atom stereocenters. The molecule has 0 saturated carbocycles. The molecule has 0 bridgehead atoms. The average Bonchev–Trinajstić information content (AvgIpc) is 2.02. The zero-order valence-corrected chi connectivity index (χ0v) is 8.26. The predicted octanol–water partition coefficient (Wildman–Crippen LogP) is 0.508. The molecule has 0 aliphatic carbocycles. The first-order valence-electron chi connectivity index (χ1n) is 4.50. The minimum Gasteiger partial charge on any atom is -0.382 e. The Hall–Kier alpha value is -0.900. The van der Waals surface area contributed by atoms with Crippen molar-refractivity contribution >= 4 is 11.7 Å². The van der Waals surface area contributed by atoms with Crippen molar-refractivity contribution in [2.75, 3.05) is 19.8 Å². The number of hydrogen-bond donors (Lipinski definition) is 1. The van der Waals surface area contributed by atoms with E-state index >= 15 is 0 Å². The first kappa shape index (κ1) is 12.1. The Morgan fingerprint density at radius 1 is 1.38 bits per heavy atom. The molecule has 0 aromatic rings. The van der Waals surface area contributed by atoms with Crippen molar-refractivity contribution in [2.45, 2.75) is 26.7 Å². The summed E-state index contributed by atoms with van der Waals surface area (Å²) in [6.45, 7) is 5.25. The zero-order valence-electron chi connectivity index (χ0n) is 8.26. The van der Waals surface area contributed by atoms with Gasteiger partial charge in [0.1, 0.15) is 5.78 Å². The fourth-order valence-corrected chi connectivity index (χ4v) is 0.835. The van der Waals surface area contributed by atoms with Gasteiger partial charge in [-0.3, -0.25) is 9.59 Å². The van der Waals surface area contributed by atoms with Crippen LogP contribution in [-0.4, -0.2) is 31.4 Å². The van der Waals surface area contributed by atoms with E-state index in [2.05, 4.69) is 5.32 Å². The average molecular weight is 187 g/mol. The number of nitrogens with one attached hydrogen (secondary N) is 1. The summed E-state index contributed by atoms with van der Waals surface area (Å²) in [5.74, 6) is -0.314. The Morgan fingerprint density at radius 3 is 2.62 bits per heavy atom. The van der Waals surface area contributed by atoms with Gasteiger partial charge in [0, 0.05) is 19.8 Å². The number of ketones is 1. The lowest BCUT2D eigenvalue weighted by atomic mass is 10.3. The van der Waals surface area contributed by atoms with E-state index in [-0.39, 0.29) is 18.1 Å². The highest BCUT2D eigenvalue weighted by Crippen LogP contribution is 1.84. The molecule has 0 saturated heterocycles. The maximum absolute atomic E-state index is 10.9. The van der Waals surface area contributed by atoms with Crippen molar-refractivity contribution in [3.63, 3.8) is 0 Å². The van der Waals surface area contributed by atoms with Gasteiger partial charge < -0.3 is 10.1 Å². The molecule has 13 heavy (non-hydrogen) atoms. The highest BCUT2D eigenvalue weighted by atomic mass is 16.5. The second-order valence-corrected chi connectivity index (χ2v) is 2.78. The summed E-state index contributed by atoms with van der Waals surface area (Å²) in [4.78, 5) is 21.4. The van der Waals surface area contributed by atoms with E-state index in [1.54, 1.807) is 0 Å². The molecule has 0 unspecified atom stereocenters. The van der Waals surface area contributed by atoms with Crippen LogP contribution >= 0.6 is 0 Å². The van der Waals surface area contributed by atoms with Gasteiger partial charge in [0.2, 0.25) is 5.91 Å². The summed E-state index contributed by atoms with van der Waals surface area (Å²) in [5, 5.41) is 2.63. The second-order valence-electron chi connectivity index (χ2n) is 2.78. The summed E-state index contributed by atoms with van der Waals surface area (Å²) in [6.07, 6.45) is 0.770. The van der Waals surface area contributed by atoms with E-state index in [1.165, 1.54) is 6.92 Å². The van der Waals surface area contributed by atoms with E-state index < -0.39 is 0 Å². The Balaban J connectivity index is 3.22. The first-order chi connectivity index (χ1) is 6.16. The molecule has 76 valence electrons. The van der Waals surface area contributed by atoms with Gasteiger partial charge in [-0.05, 0) is 20.3 Å². The van der Waals surface area contributed by atoms with Gasteiger partial charge in [0.05, 0.1) is 6.42 Å². The van der Waals surface area contributed by atoms with Gasteiger partial charge in [0.25, 0.3) is 0 Å². The quantitative estimate of drug-likeness (QED) is 0.466. The molecule has 4 nitrogen and oxygen atoms in total. The lowest BCUT2D eigenvalue weighted by Crippen LogP contribution is -2.26. The zero-order chi connectivity index (χ0) is 10.1. The van der Waals surface area contributed by atoms with Crippen molar-refractivity contribution in [1.82, 2.24) is 5.32 Å². The van der Waals surface area contributed by atoms with Crippen molar-refractivity contribution in [3.05, 3.63) is 0 Å². The van der Waals surface area contributed by atoms with Crippen LogP contribution in [0.15, 0.2) is 0 Å². The molecule has 1 N–H and O–H groups in total. The van der Waals surface area contributed by atoms with Crippen molar-refractivity contribution in [2.24, 2.45) is 0 Å². The lowest BCUT2D eigenvalue weighted by Gasteiger charge is -2.03. The van der Waals surface area contributed by atoms with Gasteiger partial charge in [-0.25, -0.2) is 0 Å². The standard InChI is InChI=1S/C9H17NO3/c1-3-13-6-4-5-10-9(12)7-8(2)11/h3-7H2,1-2H3,(H,10,12). The molecule has 0 aromatic carbocycles. The van der Waals surface area contributed by atoms with Crippen molar-refractivity contribution in [1.29, 1.82) is 0 Å². The summed E-state index contributed by atoms with van der Waals surface area (Å²) >= 11 is 0. The molecule has 0 aromatic heterocycles. The molecule has 0 rings (SSSR count). The topological polar surface area (TPSA) is 55.4 Å². The van der Waals surface area contributed by atoms with Crippen LogP contribution in [-0.2, 0) is 14.3 Å². The molecule has 0 aliphatic heterocycles. The normalized spacial score (nSPS) is 9.69. The highest BCUT2D eigenvalue weighted by Gasteiger charge is 2.02. The van der Waals surface area contributed by atoms with Gasteiger partial charge in [-0.1, -0.05) is 0 Å². The van der Waals surface area contributed by atoms with Gasteiger partial charge in [-0.15, -0.1) is 0 Å². The summed E-state index contributed by atoms with van der Waals surface area (Å²) in [7, 11) is 0. The largest absolute Gasteiger partial charge is 0.382 e. The minimum atomic E-state index is -0.205.